The van der Waals surface area contributed by atoms with Crippen LogP contribution < -0.4 is 24.6 Å². The van der Waals surface area contributed by atoms with E-state index in [1.54, 1.807) is 19.7 Å². The number of carbonyl (C=O) groups excluding carboxylic acids is 1. The van der Waals surface area contributed by atoms with Gasteiger partial charge in [0.2, 0.25) is 0 Å². The van der Waals surface area contributed by atoms with E-state index in [0.717, 1.165) is 27.9 Å². The zero-order valence-electron chi connectivity index (χ0n) is 20.5. The summed E-state index contributed by atoms with van der Waals surface area (Å²) < 4.78 is 22.5. The van der Waals surface area contributed by atoms with Crippen molar-refractivity contribution in [3.8, 4) is 28.6 Å². The standard InChI is InChI=1S/C25H30N4O6/c1-14-8-17(9-15(2)23(14)35-13-21(30)28-31)24-26-19-10-18(32-4)11-20(33-5)22(19)25(27-24)29-6-7-34-12-16(29)3/h8-11,16,31H,6-7,12-13H2,1-5H3,(H,28,30)/t16-/m0/s1. The second-order valence-corrected chi connectivity index (χ2v) is 8.47. The molecule has 186 valence electrons. The quantitative estimate of drug-likeness (QED) is 0.387. The van der Waals surface area contributed by atoms with Crippen LogP contribution in [0.25, 0.3) is 22.3 Å². The lowest BCUT2D eigenvalue weighted by Gasteiger charge is -2.35. The Hall–Kier alpha value is -3.63. The Morgan fingerprint density at radius 1 is 1.17 bits per heavy atom. The van der Waals surface area contributed by atoms with Crippen LogP contribution in [-0.2, 0) is 9.53 Å². The number of aromatic nitrogens is 2. The van der Waals surface area contributed by atoms with Crippen LogP contribution in [-0.4, -0.2) is 67.7 Å². The third-order valence-electron chi connectivity index (χ3n) is 6.00. The van der Waals surface area contributed by atoms with Gasteiger partial charge in [0.05, 0.1) is 44.4 Å². The van der Waals surface area contributed by atoms with Crippen LogP contribution >= 0.6 is 0 Å². The van der Waals surface area contributed by atoms with Gasteiger partial charge in [0.25, 0.3) is 5.91 Å². The van der Waals surface area contributed by atoms with Gasteiger partial charge in [-0.25, -0.2) is 15.4 Å². The molecule has 1 fully saturated rings. The summed E-state index contributed by atoms with van der Waals surface area (Å²) >= 11 is 0. The van der Waals surface area contributed by atoms with Gasteiger partial charge in [-0.3, -0.25) is 10.0 Å². The SMILES string of the molecule is COc1cc(OC)c2c(N3CCOC[C@@H]3C)nc(-c3cc(C)c(OCC(=O)NO)c(C)c3)nc2c1. The number of methoxy groups -OCH3 is 2. The Balaban J connectivity index is 1.87. The maximum atomic E-state index is 11.4. The lowest BCUT2D eigenvalue weighted by molar-refractivity contribution is -0.131. The number of fused-ring (bicyclic) bond motifs is 1. The Kier molecular flexibility index (Phi) is 7.23. The number of aryl methyl sites for hydroxylation is 2. The average Bonchev–Trinajstić information content (AvgIpc) is 2.86. The summed E-state index contributed by atoms with van der Waals surface area (Å²) in [6.45, 7) is 7.50. The number of anilines is 1. The van der Waals surface area contributed by atoms with Crippen LogP contribution in [0.5, 0.6) is 17.2 Å². The fraction of sp³-hybridized carbons (Fsp3) is 0.400. The first-order valence-electron chi connectivity index (χ1n) is 11.3. The van der Waals surface area contributed by atoms with E-state index < -0.39 is 5.91 Å². The van der Waals surface area contributed by atoms with Crippen molar-refractivity contribution in [3.05, 3.63) is 35.4 Å². The lowest BCUT2D eigenvalue weighted by atomic mass is 10.0. The number of benzene rings is 2. The van der Waals surface area contributed by atoms with Crippen LogP contribution in [0.15, 0.2) is 24.3 Å². The first-order chi connectivity index (χ1) is 16.9. The van der Waals surface area contributed by atoms with E-state index in [2.05, 4.69) is 11.8 Å². The molecule has 3 aromatic rings. The van der Waals surface area contributed by atoms with Crippen molar-refractivity contribution in [1.82, 2.24) is 15.4 Å². The maximum absolute atomic E-state index is 11.4. The fourth-order valence-corrected chi connectivity index (χ4v) is 4.32. The zero-order valence-corrected chi connectivity index (χ0v) is 20.5. The predicted octanol–water partition coefficient (Wildman–Crippen LogP) is 3.04. The molecule has 0 bridgehead atoms. The number of morpholine rings is 1. The first-order valence-corrected chi connectivity index (χ1v) is 11.3. The maximum Gasteiger partial charge on any atom is 0.281 e. The third-order valence-corrected chi connectivity index (χ3v) is 6.00. The van der Waals surface area contributed by atoms with E-state index in [1.807, 2.05) is 38.1 Å². The average molecular weight is 483 g/mol. The molecular formula is C25H30N4O6. The van der Waals surface area contributed by atoms with Gasteiger partial charge in [0.1, 0.15) is 23.1 Å². The van der Waals surface area contributed by atoms with Crippen molar-refractivity contribution < 1.29 is 28.9 Å². The molecule has 10 heteroatoms. The summed E-state index contributed by atoms with van der Waals surface area (Å²) in [5.74, 6) is 2.54. The Bertz CT molecular complexity index is 1230. The summed E-state index contributed by atoms with van der Waals surface area (Å²) in [6, 6.07) is 7.68. The van der Waals surface area contributed by atoms with Gasteiger partial charge in [-0.15, -0.1) is 0 Å². The van der Waals surface area contributed by atoms with Crippen molar-refractivity contribution >= 4 is 22.6 Å². The van der Waals surface area contributed by atoms with Gasteiger partial charge in [-0.1, -0.05) is 0 Å². The van der Waals surface area contributed by atoms with Crippen molar-refractivity contribution in [1.29, 1.82) is 0 Å². The van der Waals surface area contributed by atoms with E-state index in [1.165, 1.54) is 0 Å². The summed E-state index contributed by atoms with van der Waals surface area (Å²) in [4.78, 5) is 23.5. The summed E-state index contributed by atoms with van der Waals surface area (Å²) in [7, 11) is 3.23. The molecule has 0 aliphatic carbocycles. The molecule has 4 rings (SSSR count). The molecule has 35 heavy (non-hydrogen) atoms. The van der Waals surface area contributed by atoms with E-state index in [-0.39, 0.29) is 12.6 Å². The summed E-state index contributed by atoms with van der Waals surface area (Å²) in [5, 5.41) is 9.55. The molecule has 1 aliphatic heterocycles. The molecule has 1 saturated heterocycles. The van der Waals surface area contributed by atoms with Crippen molar-refractivity contribution in [2.75, 3.05) is 45.5 Å². The number of carbonyl (C=O) groups is 1. The highest BCUT2D eigenvalue weighted by Crippen LogP contribution is 2.39. The number of hydrogen-bond donors (Lipinski definition) is 2. The van der Waals surface area contributed by atoms with Crippen LogP contribution in [0.2, 0.25) is 0 Å². The van der Waals surface area contributed by atoms with E-state index >= 15 is 0 Å². The molecule has 10 nitrogen and oxygen atoms in total. The predicted molar refractivity (Wildman–Crippen MR) is 131 cm³/mol. The van der Waals surface area contributed by atoms with Gasteiger partial charge in [0, 0.05) is 24.2 Å². The molecule has 2 heterocycles. The Morgan fingerprint density at radius 3 is 2.54 bits per heavy atom. The molecule has 1 amide bonds. The van der Waals surface area contributed by atoms with Gasteiger partial charge in [-0.05, 0) is 44.0 Å². The molecule has 0 radical (unpaired) electrons. The van der Waals surface area contributed by atoms with Crippen molar-refractivity contribution in [3.63, 3.8) is 0 Å². The van der Waals surface area contributed by atoms with Gasteiger partial charge in [-0.2, -0.15) is 0 Å². The smallest absolute Gasteiger partial charge is 0.281 e. The number of nitrogens with one attached hydrogen (secondary N) is 1. The molecule has 1 aromatic heterocycles. The lowest BCUT2D eigenvalue weighted by Crippen LogP contribution is -2.44. The molecule has 0 spiro atoms. The van der Waals surface area contributed by atoms with Crippen LogP contribution in [0, 0.1) is 13.8 Å². The van der Waals surface area contributed by atoms with E-state index in [9.17, 15) is 4.79 Å². The molecule has 0 saturated carbocycles. The van der Waals surface area contributed by atoms with Crippen LogP contribution in [0.4, 0.5) is 5.82 Å². The summed E-state index contributed by atoms with van der Waals surface area (Å²) in [5.41, 5.74) is 4.72. The number of rotatable bonds is 7. The summed E-state index contributed by atoms with van der Waals surface area (Å²) in [6.07, 6.45) is 0. The molecule has 0 unspecified atom stereocenters. The number of ether oxygens (including phenoxy) is 4. The minimum Gasteiger partial charge on any atom is -0.497 e. The molecular weight excluding hydrogens is 452 g/mol. The molecule has 2 aromatic carbocycles. The number of hydroxylamine groups is 1. The monoisotopic (exact) mass is 482 g/mol. The highest BCUT2D eigenvalue weighted by Gasteiger charge is 2.26. The largest absolute Gasteiger partial charge is 0.497 e. The molecule has 1 aliphatic rings. The highest BCUT2D eigenvalue weighted by molar-refractivity contribution is 5.97. The minimum atomic E-state index is -0.627. The van der Waals surface area contributed by atoms with Crippen LogP contribution in [0.1, 0.15) is 18.1 Å². The first kappa shape index (κ1) is 24.5. The van der Waals surface area contributed by atoms with Gasteiger partial charge in [0.15, 0.2) is 12.4 Å². The normalized spacial score (nSPS) is 15.7. The molecule has 2 N–H and O–H groups in total. The van der Waals surface area contributed by atoms with Crippen molar-refractivity contribution in [2.24, 2.45) is 0 Å². The van der Waals surface area contributed by atoms with Gasteiger partial charge < -0.3 is 23.8 Å². The minimum absolute atomic E-state index is 0.124. The fourth-order valence-electron chi connectivity index (χ4n) is 4.32. The Morgan fingerprint density at radius 2 is 1.91 bits per heavy atom. The molecule has 1 atom stereocenters. The zero-order chi connectivity index (χ0) is 25.1. The number of hydrogen-bond acceptors (Lipinski definition) is 9. The second-order valence-electron chi connectivity index (χ2n) is 8.47. The van der Waals surface area contributed by atoms with E-state index in [0.29, 0.717) is 48.3 Å². The topological polar surface area (TPSA) is 115 Å². The number of amides is 1. The second kappa shape index (κ2) is 10.3. The van der Waals surface area contributed by atoms with Crippen molar-refractivity contribution in [2.45, 2.75) is 26.8 Å². The third kappa shape index (κ3) is 4.94. The van der Waals surface area contributed by atoms with Gasteiger partial charge >= 0.3 is 0 Å². The van der Waals surface area contributed by atoms with Crippen LogP contribution in [0.3, 0.4) is 0 Å². The number of nitrogens with zero attached hydrogens (tertiary/aromatic N) is 3. The van der Waals surface area contributed by atoms with E-state index in [4.69, 9.17) is 34.1 Å². The Labute approximate surface area is 203 Å². The highest BCUT2D eigenvalue weighted by atomic mass is 16.5.